The molecule has 27 heavy (non-hydrogen) atoms. The van der Waals surface area contributed by atoms with Gasteiger partial charge in [-0.2, -0.15) is 4.98 Å². The van der Waals surface area contributed by atoms with Crippen molar-refractivity contribution in [2.75, 3.05) is 19.0 Å². The van der Waals surface area contributed by atoms with Gasteiger partial charge in [0.1, 0.15) is 5.82 Å². The molecule has 2 heterocycles. The Labute approximate surface area is 162 Å². The molecule has 140 valence electrons. The number of nitrogens with zero attached hydrogens (tertiary/aromatic N) is 4. The van der Waals surface area contributed by atoms with Crippen LogP contribution in [0.1, 0.15) is 17.9 Å². The lowest BCUT2D eigenvalue weighted by molar-refractivity contribution is -0.121. The van der Waals surface area contributed by atoms with Crippen molar-refractivity contribution in [3.8, 4) is 11.4 Å². The maximum Gasteiger partial charge on any atom is 0.227 e. The first kappa shape index (κ1) is 18.8. The number of aryl methyl sites for hydroxylation is 1. The fourth-order valence-electron chi connectivity index (χ4n) is 2.37. The zero-order valence-electron chi connectivity index (χ0n) is 15.1. The summed E-state index contributed by atoms with van der Waals surface area (Å²) in [5, 5.41) is 7.45. The molecular formula is C19H20ClN5O2. The number of amides is 1. The van der Waals surface area contributed by atoms with E-state index in [2.05, 4.69) is 20.4 Å². The first-order valence-corrected chi connectivity index (χ1v) is 8.86. The van der Waals surface area contributed by atoms with E-state index < -0.39 is 0 Å². The quantitative estimate of drug-likeness (QED) is 0.672. The number of rotatable bonds is 7. The van der Waals surface area contributed by atoms with Gasteiger partial charge in [-0.25, -0.2) is 4.98 Å². The Hall–Kier alpha value is -2.93. The van der Waals surface area contributed by atoms with Crippen molar-refractivity contribution >= 4 is 23.3 Å². The zero-order valence-corrected chi connectivity index (χ0v) is 15.9. The lowest BCUT2D eigenvalue weighted by atomic mass is 10.2. The molecule has 3 rings (SSSR count). The van der Waals surface area contributed by atoms with Gasteiger partial charge in [-0.05, 0) is 35.9 Å². The largest absolute Gasteiger partial charge is 0.363 e. The summed E-state index contributed by atoms with van der Waals surface area (Å²) in [7, 11) is 3.86. The van der Waals surface area contributed by atoms with Crippen molar-refractivity contribution in [1.29, 1.82) is 0 Å². The Morgan fingerprint density at radius 3 is 2.63 bits per heavy atom. The minimum atomic E-state index is -0.0853. The highest BCUT2D eigenvalue weighted by molar-refractivity contribution is 6.30. The summed E-state index contributed by atoms with van der Waals surface area (Å²) in [4.78, 5) is 22.6. The van der Waals surface area contributed by atoms with Gasteiger partial charge in [0.15, 0.2) is 0 Å². The van der Waals surface area contributed by atoms with Crippen molar-refractivity contribution in [3.05, 3.63) is 59.1 Å². The molecule has 0 bridgehead atoms. The third-order valence-electron chi connectivity index (χ3n) is 3.89. The summed E-state index contributed by atoms with van der Waals surface area (Å²) in [5.74, 6) is 1.69. The normalized spacial score (nSPS) is 10.6. The molecule has 0 unspecified atom stereocenters. The second-order valence-electron chi connectivity index (χ2n) is 6.21. The maximum absolute atomic E-state index is 12.0. The van der Waals surface area contributed by atoms with E-state index in [4.69, 9.17) is 16.1 Å². The zero-order chi connectivity index (χ0) is 19.2. The summed E-state index contributed by atoms with van der Waals surface area (Å²) in [6.45, 7) is 0.430. The number of hydrogen-bond donors (Lipinski definition) is 1. The molecule has 1 amide bonds. The number of halogens is 1. The first-order chi connectivity index (χ1) is 13.0. The summed E-state index contributed by atoms with van der Waals surface area (Å²) in [6.07, 6.45) is 2.40. The van der Waals surface area contributed by atoms with Crippen LogP contribution in [0.3, 0.4) is 0 Å². The average molecular weight is 386 g/mol. The van der Waals surface area contributed by atoms with Gasteiger partial charge in [0.05, 0.1) is 0 Å². The second kappa shape index (κ2) is 8.64. The smallest absolute Gasteiger partial charge is 0.227 e. The SMILES string of the molecule is CN(C)c1ccc(CNC(=O)CCc2nc(-c3ccc(Cl)cc3)no2)cn1. The molecule has 1 aromatic carbocycles. The van der Waals surface area contributed by atoms with Gasteiger partial charge in [-0.15, -0.1) is 0 Å². The Kier molecular flexibility index (Phi) is 6.03. The van der Waals surface area contributed by atoms with Crippen molar-refractivity contribution < 1.29 is 9.32 Å². The molecule has 2 aromatic heterocycles. The van der Waals surface area contributed by atoms with Crippen LogP contribution in [0.25, 0.3) is 11.4 Å². The minimum Gasteiger partial charge on any atom is -0.363 e. The van der Waals surface area contributed by atoms with E-state index in [1.165, 1.54) is 0 Å². The van der Waals surface area contributed by atoms with E-state index in [0.717, 1.165) is 16.9 Å². The third-order valence-corrected chi connectivity index (χ3v) is 4.15. The maximum atomic E-state index is 12.0. The van der Waals surface area contributed by atoms with E-state index in [1.54, 1.807) is 18.3 Å². The van der Waals surface area contributed by atoms with Gasteiger partial charge in [-0.1, -0.05) is 22.8 Å². The molecule has 0 aliphatic rings. The molecule has 0 spiro atoms. The van der Waals surface area contributed by atoms with Crippen LogP contribution in [0.2, 0.25) is 5.02 Å². The number of aromatic nitrogens is 3. The van der Waals surface area contributed by atoms with E-state index in [-0.39, 0.29) is 12.3 Å². The van der Waals surface area contributed by atoms with E-state index in [0.29, 0.717) is 29.7 Å². The molecule has 8 heteroatoms. The van der Waals surface area contributed by atoms with Gasteiger partial charge in [0.2, 0.25) is 17.6 Å². The fourth-order valence-corrected chi connectivity index (χ4v) is 2.49. The highest BCUT2D eigenvalue weighted by atomic mass is 35.5. The first-order valence-electron chi connectivity index (χ1n) is 8.49. The lowest BCUT2D eigenvalue weighted by Gasteiger charge is -2.11. The monoisotopic (exact) mass is 385 g/mol. The van der Waals surface area contributed by atoms with Crippen LogP contribution < -0.4 is 10.2 Å². The van der Waals surface area contributed by atoms with Crippen molar-refractivity contribution in [2.45, 2.75) is 19.4 Å². The van der Waals surface area contributed by atoms with E-state index in [9.17, 15) is 4.79 Å². The molecule has 0 aliphatic heterocycles. The summed E-state index contributed by atoms with van der Waals surface area (Å²) < 4.78 is 5.21. The topological polar surface area (TPSA) is 84.2 Å². The fraction of sp³-hybridized carbons (Fsp3) is 0.263. The lowest BCUT2D eigenvalue weighted by Crippen LogP contribution is -2.23. The van der Waals surface area contributed by atoms with Crippen molar-refractivity contribution in [1.82, 2.24) is 20.4 Å². The Bertz CT molecular complexity index is 891. The predicted octanol–water partition coefficient (Wildman–Crippen LogP) is 3.10. The molecule has 0 radical (unpaired) electrons. The molecule has 0 atom stereocenters. The molecule has 0 aliphatic carbocycles. The number of carbonyl (C=O) groups excluding carboxylic acids is 1. The van der Waals surface area contributed by atoms with Crippen LogP contribution in [0.15, 0.2) is 47.1 Å². The Balaban J connectivity index is 1.47. The summed E-state index contributed by atoms with van der Waals surface area (Å²) in [6, 6.07) is 11.0. The summed E-state index contributed by atoms with van der Waals surface area (Å²) in [5.41, 5.74) is 1.75. The number of pyridine rings is 1. The van der Waals surface area contributed by atoms with Gasteiger partial charge >= 0.3 is 0 Å². The second-order valence-corrected chi connectivity index (χ2v) is 6.65. The number of anilines is 1. The van der Waals surface area contributed by atoms with E-state index >= 15 is 0 Å². The van der Waals surface area contributed by atoms with Crippen LogP contribution in [0, 0.1) is 0 Å². The molecule has 0 saturated heterocycles. The number of hydrogen-bond acceptors (Lipinski definition) is 6. The van der Waals surface area contributed by atoms with Crippen molar-refractivity contribution in [3.63, 3.8) is 0 Å². The molecule has 0 saturated carbocycles. The van der Waals surface area contributed by atoms with Crippen LogP contribution in [-0.2, 0) is 17.8 Å². The Morgan fingerprint density at radius 1 is 1.19 bits per heavy atom. The van der Waals surface area contributed by atoms with Gasteiger partial charge in [0.25, 0.3) is 0 Å². The molecular weight excluding hydrogens is 366 g/mol. The van der Waals surface area contributed by atoms with Crippen molar-refractivity contribution in [2.24, 2.45) is 0 Å². The Morgan fingerprint density at radius 2 is 1.96 bits per heavy atom. The third kappa shape index (κ3) is 5.27. The summed E-state index contributed by atoms with van der Waals surface area (Å²) >= 11 is 5.87. The van der Waals surface area contributed by atoms with Gasteiger partial charge in [0, 0.05) is 50.3 Å². The minimum absolute atomic E-state index is 0.0853. The molecule has 7 nitrogen and oxygen atoms in total. The average Bonchev–Trinajstić information content (AvgIpc) is 3.14. The van der Waals surface area contributed by atoms with Crippen LogP contribution in [0.4, 0.5) is 5.82 Å². The number of benzene rings is 1. The predicted molar refractivity (Wildman–Crippen MR) is 103 cm³/mol. The highest BCUT2D eigenvalue weighted by Crippen LogP contribution is 2.19. The van der Waals surface area contributed by atoms with Gasteiger partial charge < -0.3 is 14.7 Å². The molecule has 0 fully saturated rings. The van der Waals surface area contributed by atoms with E-state index in [1.807, 2.05) is 43.3 Å². The molecule has 3 aromatic rings. The van der Waals surface area contributed by atoms with Crippen LogP contribution >= 0.6 is 11.6 Å². The van der Waals surface area contributed by atoms with Crippen LogP contribution in [-0.4, -0.2) is 35.1 Å². The highest BCUT2D eigenvalue weighted by Gasteiger charge is 2.11. The standard InChI is InChI=1S/C19H20ClN5O2/c1-25(2)16-8-3-13(11-21-16)12-22-17(26)9-10-18-23-19(24-27-18)14-4-6-15(20)7-5-14/h3-8,11H,9-10,12H2,1-2H3,(H,22,26). The number of nitrogens with one attached hydrogen (secondary N) is 1. The number of carbonyl (C=O) groups is 1. The van der Waals surface area contributed by atoms with Gasteiger partial charge in [-0.3, -0.25) is 4.79 Å². The molecule has 1 N–H and O–H groups in total. The van der Waals surface area contributed by atoms with Crippen LogP contribution in [0.5, 0.6) is 0 Å².